The van der Waals surface area contributed by atoms with Gasteiger partial charge in [-0.25, -0.2) is 0 Å². The molecule has 1 aliphatic heterocycles. The highest BCUT2D eigenvalue weighted by molar-refractivity contribution is 6.30. The van der Waals surface area contributed by atoms with Crippen LogP contribution in [0, 0.1) is 0 Å². The second kappa shape index (κ2) is 6.98. The van der Waals surface area contributed by atoms with Gasteiger partial charge in [-0.05, 0) is 50.7 Å². The van der Waals surface area contributed by atoms with E-state index in [1.807, 2.05) is 24.3 Å². The van der Waals surface area contributed by atoms with Crippen LogP contribution in [-0.4, -0.2) is 44.2 Å². The summed E-state index contributed by atoms with van der Waals surface area (Å²) in [4.78, 5) is 2.42. The predicted molar refractivity (Wildman–Crippen MR) is 75.5 cm³/mol. The van der Waals surface area contributed by atoms with E-state index in [-0.39, 0.29) is 0 Å². The molecule has 0 aliphatic carbocycles. The Labute approximate surface area is 114 Å². The minimum absolute atomic E-state index is 0.695. The van der Waals surface area contributed by atoms with Crippen LogP contribution in [0.1, 0.15) is 12.8 Å². The van der Waals surface area contributed by atoms with Gasteiger partial charge in [0.2, 0.25) is 0 Å². The normalized spacial score (nSPS) is 19.4. The van der Waals surface area contributed by atoms with E-state index in [0.717, 1.165) is 43.4 Å². The Morgan fingerprint density at radius 3 is 2.83 bits per heavy atom. The molecule has 1 saturated heterocycles. The molecule has 1 fully saturated rings. The van der Waals surface area contributed by atoms with Gasteiger partial charge in [0.25, 0.3) is 0 Å². The smallest absolute Gasteiger partial charge is 0.119 e. The fraction of sp³-hybridized carbons (Fsp3) is 0.571. The average molecular weight is 269 g/mol. The standard InChI is InChI=1S/C14H21ClN2O/c1-17(13-7-8-16-11-13)9-2-10-18-14-5-3-12(15)4-6-14/h3-6,13,16H,2,7-11H2,1H3. The van der Waals surface area contributed by atoms with Crippen LogP contribution in [0.3, 0.4) is 0 Å². The molecule has 1 N–H and O–H groups in total. The van der Waals surface area contributed by atoms with Crippen molar-refractivity contribution in [2.45, 2.75) is 18.9 Å². The number of rotatable bonds is 6. The third-order valence-electron chi connectivity index (χ3n) is 3.40. The number of benzene rings is 1. The minimum atomic E-state index is 0.695. The van der Waals surface area contributed by atoms with Crippen LogP contribution in [0.4, 0.5) is 0 Å². The molecule has 1 atom stereocenters. The van der Waals surface area contributed by atoms with Crippen LogP contribution in [0.2, 0.25) is 5.02 Å². The molecule has 100 valence electrons. The first-order valence-corrected chi connectivity index (χ1v) is 6.93. The van der Waals surface area contributed by atoms with Crippen molar-refractivity contribution in [3.05, 3.63) is 29.3 Å². The highest BCUT2D eigenvalue weighted by atomic mass is 35.5. The fourth-order valence-electron chi connectivity index (χ4n) is 2.23. The first kappa shape index (κ1) is 13.7. The summed E-state index contributed by atoms with van der Waals surface area (Å²) in [5, 5.41) is 4.14. The van der Waals surface area contributed by atoms with Crippen molar-refractivity contribution in [2.75, 3.05) is 33.3 Å². The molecule has 1 aromatic carbocycles. The van der Waals surface area contributed by atoms with Crippen molar-refractivity contribution in [1.82, 2.24) is 10.2 Å². The quantitative estimate of drug-likeness (QED) is 0.802. The largest absolute Gasteiger partial charge is 0.494 e. The van der Waals surface area contributed by atoms with Gasteiger partial charge in [-0.15, -0.1) is 0 Å². The summed E-state index contributed by atoms with van der Waals surface area (Å²) < 4.78 is 5.67. The number of nitrogens with one attached hydrogen (secondary N) is 1. The molecule has 0 spiro atoms. The Balaban J connectivity index is 1.62. The molecule has 1 unspecified atom stereocenters. The highest BCUT2D eigenvalue weighted by Crippen LogP contribution is 2.15. The third-order valence-corrected chi connectivity index (χ3v) is 3.65. The maximum atomic E-state index is 5.82. The van der Waals surface area contributed by atoms with E-state index in [2.05, 4.69) is 17.3 Å². The van der Waals surface area contributed by atoms with Crippen molar-refractivity contribution in [1.29, 1.82) is 0 Å². The van der Waals surface area contributed by atoms with E-state index in [4.69, 9.17) is 16.3 Å². The molecule has 4 heteroatoms. The molecule has 18 heavy (non-hydrogen) atoms. The lowest BCUT2D eigenvalue weighted by Crippen LogP contribution is -2.34. The molecule has 1 aromatic rings. The highest BCUT2D eigenvalue weighted by Gasteiger charge is 2.18. The first-order valence-electron chi connectivity index (χ1n) is 6.55. The maximum absolute atomic E-state index is 5.82. The lowest BCUT2D eigenvalue weighted by molar-refractivity contribution is 0.224. The third kappa shape index (κ3) is 4.16. The Kier molecular flexibility index (Phi) is 5.29. The van der Waals surface area contributed by atoms with E-state index in [0.29, 0.717) is 6.04 Å². The number of halogens is 1. The summed E-state index contributed by atoms with van der Waals surface area (Å²) in [5.41, 5.74) is 0. The van der Waals surface area contributed by atoms with Crippen LogP contribution in [0.5, 0.6) is 5.75 Å². The zero-order valence-corrected chi connectivity index (χ0v) is 11.6. The summed E-state index contributed by atoms with van der Waals surface area (Å²) >= 11 is 5.82. The summed E-state index contributed by atoms with van der Waals surface area (Å²) in [6.07, 6.45) is 2.31. The Hall–Kier alpha value is -0.770. The van der Waals surface area contributed by atoms with Gasteiger partial charge in [0.1, 0.15) is 5.75 Å². The van der Waals surface area contributed by atoms with Crippen molar-refractivity contribution in [2.24, 2.45) is 0 Å². The number of hydrogen-bond acceptors (Lipinski definition) is 3. The second-order valence-electron chi connectivity index (χ2n) is 4.78. The molecule has 0 bridgehead atoms. The van der Waals surface area contributed by atoms with Crippen molar-refractivity contribution >= 4 is 11.6 Å². The molecule has 3 nitrogen and oxygen atoms in total. The molecule has 1 aliphatic rings. The minimum Gasteiger partial charge on any atom is -0.494 e. The number of likely N-dealkylation sites (N-methyl/N-ethyl adjacent to an activating group) is 1. The van der Waals surface area contributed by atoms with E-state index < -0.39 is 0 Å². The number of hydrogen-bond donors (Lipinski definition) is 1. The van der Waals surface area contributed by atoms with Gasteiger partial charge in [0.05, 0.1) is 6.61 Å². The van der Waals surface area contributed by atoms with E-state index in [1.165, 1.54) is 6.42 Å². The number of nitrogens with zero attached hydrogens (tertiary/aromatic N) is 1. The van der Waals surface area contributed by atoms with Gasteiger partial charge >= 0.3 is 0 Å². The lowest BCUT2D eigenvalue weighted by atomic mass is 10.2. The van der Waals surface area contributed by atoms with Crippen LogP contribution >= 0.6 is 11.6 Å². The van der Waals surface area contributed by atoms with Crippen LogP contribution in [0.15, 0.2) is 24.3 Å². The maximum Gasteiger partial charge on any atom is 0.119 e. The Bertz CT molecular complexity index is 349. The van der Waals surface area contributed by atoms with Crippen LogP contribution in [-0.2, 0) is 0 Å². The van der Waals surface area contributed by atoms with Gasteiger partial charge in [-0.3, -0.25) is 0 Å². The van der Waals surface area contributed by atoms with Crippen LogP contribution in [0.25, 0.3) is 0 Å². The van der Waals surface area contributed by atoms with Gasteiger partial charge in [0.15, 0.2) is 0 Å². The zero-order valence-electron chi connectivity index (χ0n) is 10.9. The van der Waals surface area contributed by atoms with E-state index in [9.17, 15) is 0 Å². The lowest BCUT2D eigenvalue weighted by Gasteiger charge is -2.23. The fourth-order valence-corrected chi connectivity index (χ4v) is 2.36. The van der Waals surface area contributed by atoms with Gasteiger partial charge in [0, 0.05) is 24.2 Å². The predicted octanol–water partition coefficient (Wildman–Crippen LogP) is 2.40. The SMILES string of the molecule is CN(CCCOc1ccc(Cl)cc1)C1CCNC1. The van der Waals surface area contributed by atoms with Gasteiger partial charge in [-0.1, -0.05) is 11.6 Å². The van der Waals surface area contributed by atoms with Crippen molar-refractivity contribution in [3.63, 3.8) is 0 Å². The monoisotopic (exact) mass is 268 g/mol. The summed E-state index contributed by atoms with van der Waals surface area (Å²) in [7, 11) is 2.19. The van der Waals surface area contributed by atoms with E-state index >= 15 is 0 Å². The number of ether oxygens (including phenoxy) is 1. The summed E-state index contributed by atoms with van der Waals surface area (Å²) in [5.74, 6) is 0.893. The summed E-state index contributed by atoms with van der Waals surface area (Å²) in [6.45, 7) is 4.11. The van der Waals surface area contributed by atoms with Crippen molar-refractivity contribution in [3.8, 4) is 5.75 Å². The second-order valence-corrected chi connectivity index (χ2v) is 5.22. The molecule has 0 aromatic heterocycles. The molecular weight excluding hydrogens is 248 g/mol. The molecule has 2 rings (SSSR count). The summed E-state index contributed by atoms with van der Waals surface area (Å²) in [6, 6.07) is 8.22. The average Bonchev–Trinajstić information content (AvgIpc) is 2.90. The van der Waals surface area contributed by atoms with Gasteiger partial charge < -0.3 is 15.0 Å². The van der Waals surface area contributed by atoms with Crippen molar-refractivity contribution < 1.29 is 4.74 Å². The van der Waals surface area contributed by atoms with E-state index in [1.54, 1.807) is 0 Å². The van der Waals surface area contributed by atoms with Gasteiger partial charge in [-0.2, -0.15) is 0 Å². The topological polar surface area (TPSA) is 24.5 Å². The Morgan fingerprint density at radius 1 is 1.39 bits per heavy atom. The molecular formula is C14H21ClN2O. The molecule has 0 saturated carbocycles. The van der Waals surface area contributed by atoms with Crippen LogP contribution < -0.4 is 10.1 Å². The molecule has 0 amide bonds. The zero-order chi connectivity index (χ0) is 12.8. The Morgan fingerprint density at radius 2 is 2.17 bits per heavy atom. The molecule has 1 heterocycles. The first-order chi connectivity index (χ1) is 8.75. The molecule has 0 radical (unpaired) electrons.